The van der Waals surface area contributed by atoms with Crippen LogP contribution in [0.2, 0.25) is 0 Å². The first-order valence-electron chi connectivity index (χ1n) is 7.10. The van der Waals surface area contributed by atoms with E-state index < -0.39 is 11.6 Å². The molecule has 1 atom stereocenters. The molecule has 3 amide bonds. The number of urea groups is 1. The number of carbonyl (C=O) groups is 2. The van der Waals surface area contributed by atoms with Crippen LogP contribution in [0, 0.1) is 5.82 Å². The summed E-state index contributed by atoms with van der Waals surface area (Å²) in [6.45, 7) is 2.05. The molecule has 1 saturated heterocycles. The van der Waals surface area contributed by atoms with Crippen molar-refractivity contribution < 1.29 is 14.0 Å². The van der Waals surface area contributed by atoms with E-state index in [4.69, 9.17) is 0 Å². The van der Waals surface area contributed by atoms with E-state index in [2.05, 4.69) is 21.2 Å². The Balaban J connectivity index is 1.93. The Morgan fingerprint density at radius 1 is 1.22 bits per heavy atom. The lowest BCUT2D eigenvalue weighted by Crippen LogP contribution is -2.43. The summed E-state index contributed by atoms with van der Waals surface area (Å²) < 4.78 is 14.1. The summed E-state index contributed by atoms with van der Waals surface area (Å²) in [5.74, 6) is -0.682. The molecule has 1 aliphatic rings. The first-order chi connectivity index (χ1) is 11.0. The molecule has 3 rings (SSSR count). The second-order valence-electron chi connectivity index (χ2n) is 5.29. The fourth-order valence-electron chi connectivity index (χ4n) is 2.74. The lowest BCUT2D eigenvalue weighted by molar-refractivity contribution is -0.132. The van der Waals surface area contributed by atoms with E-state index in [0.717, 1.165) is 8.66 Å². The van der Waals surface area contributed by atoms with Gasteiger partial charge in [-0.05, 0) is 52.2 Å². The quantitative estimate of drug-likeness (QED) is 0.793. The van der Waals surface area contributed by atoms with E-state index in [1.54, 1.807) is 12.1 Å². The molecule has 0 aliphatic carbocycles. The molecule has 0 saturated carbocycles. The molecule has 2 aromatic rings. The fraction of sp³-hybridized carbons (Fsp3) is 0.250. The minimum absolute atomic E-state index is 0.226. The Morgan fingerprint density at radius 2 is 1.91 bits per heavy atom. The van der Waals surface area contributed by atoms with Crippen LogP contribution in [0.25, 0.3) is 0 Å². The Labute approximate surface area is 145 Å². The van der Waals surface area contributed by atoms with Crippen molar-refractivity contribution in [3.8, 4) is 0 Å². The molecule has 1 unspecified atom stereocenters. The van der Waals surface area contributed by atoms with Gasteiger partial charge in [0.05, 0.1) is 10.3 Å². The molecular formula is C16H14BrFN2O2S. The van der Waals surface area contributed by atoms with E-state index >= 15 is 0 Å². The SMILES string of the molecule is CCC1(c2ccc(F)cc2)NC(=O)N(Cc2ccc(Br)s2)C1=O. The van der Waals surface area contributed by atoms with E-state index in [-0.39, 0.29) is 18.3 Å². The molecule has 120 valence electrons. The van der Waals surface area contributed by atoms with Crippen LogP contribution in [0.4, 0.5) is 9.18 Å². The van der Waals surface area contributed by atoms with Gasteiger partial charge in [-0.15, -0.1) is 11.3 Å². The maximum absolute atomic E-state index is 13.2. The topological polar surface area (TPSA) is 49.4 Å². The molecule has 1 N–H and O–H groups in total. The van der Waals surface area contributed by atoms with E-state index in [1.165, 1.54) is 28.4 Å². The average Bonchev–Trinajstić information content (AvgIpc) is 3.05. The smallest absolute Gasteiger partial charge is 0.319 e. The second-order valence-corrected chi connectivity index (χ2v) is 7.84. The molecule has 1 aliphatic heterocycles. The number of thiophene rings is 1. The zero-order valence-electron chi connectivity index (χ0n) is 12.3. The molecule has 0 radical (unpaired) electrons. The first-order valence-corrected chi connectivity index (χ1v) is 8.71. The van der Waals surface area contributed by atoms with Crippen LogP contribution in [-0.4, -0.2) is 16.8 Å². The summed E-state index contributed by atoms with van der Waals surface area (Å²) in [6, 6.07) is 9.01. The van der Waals surface area contributed by atoms with Gasteiger partial charge < -0.3 is 5.32 Å². The highest BCUT2D eigenvalue weighted by atomic mass is 79.9. The predicted octanol–water partition coefficient (Wildman–Crippen LogP) is 4.01. The minimum Gasteiger partial charge on any atom is -0.319 e. The highest BCUT2D eigenvalue weighted by Crippen LogP contribution is 2.34. The van der Waals surface area contributed by atoms with E-state index in [9.17, 15) is 14.0 Å². The van der Waals surface area contributed by atoms with Crippen LogP contribution in [0.5, 0.6) is 0 Å². The van der Waals surface area contributed by atoms with Gasteiger partial charge in [-0.2, -0.15) is 0 Å². The van der Waals surface area contributed by atoms with Gasteiger partial charge in [-0.25, -0.2) is 9.18 Å². The lowest BCUT2D eigenvalue weighted by Gasteiger charge is -2.25. The normalized spacial score (nSPS) is 20.9. The number of nitrogens with zero attached hydrogens (tertiary/aromatic N) is 1. The van der Waals surface area contributed by atoms with Crippen LogP contribution < -0.4 is 5.32 Å². The number of carbonyl (C=O) groups excluding carboxylic acids is 2. The standard InChI is InChI=1S/C16H14BrFN2O2S/c1-2-16(10-3-5-11(18)6-4-10)14(21)20(15(22)19-16)9-12-7-8-13(17)23-12/h3-8H,2,9H2,1H3,(H,19,22). The minimum atomic E-state index is -1.13. The van der Waals surface area contributed by atoms with Crippen LogP contribution in [0.15, 0.2) is 40.2 Å². The summed E-state index contributed by atoms with van der Waals surface area (Å²) in [6.07, 6.45) is 0.397. The number of amides is 3. The number of rotatable bonds is 4. The molecule has 7 heteroatoms. The van der Waals surface area contributed by atoms with Gasteiger partial charge >= 0.3 is 6.03 Å². The Hall–Kier alpha value is -1.73. The van der Waals surface area contributed by atoms with Crippen molar-refractivity contribution in [3.63, 3.8) is 0 Å². The van der Waals surface area contributed by atoms with Gasteiger partial charge in [0.25, 0.3) is 5.91 Å². The van der Waals surface area contributed by atoms with Crippen molar-refractivity contribution in [2.45, 2.75) is 25.4 Å². The molecular weight excluding hydrogens is 383 g/mol. The van der Waals surface area contributed by atoms with Crippen molar-refractivity contribution in [3.05, 3.63) is 56.4 Å². The van der Waals surface area contributed by atoms with Gasteiger partial charge in [0, 0.05) is 4.88 Å². The summed E-state index contributed by atoms with van der Waals surface area (Å²) >= 11 is 4.85. The third-order valence-electron chi connectivity index (χ3n) is 3.99. The van der Waals surface area contributed by atoms with E-state index in [0.29, 0.717) is 12.0 Å². The lowest BCUT2D eigenvalue weighted by atomic mass is 9.87. The fourth-order valence-corrected chi connectivity index (χ4v) is 4.21. The molecule has 0 bridgehead atoms. The third kappa shape index (κ3) is 2.79. The molecule has 1 aromatic heterocycles. The van der Waals surface area contributed by atoms with Gasteiger partial charge in [-0.1, -0.05) is 19.1 Å². The van der Waals surface area contributed by atoms with Crippen molar-refractivity contribution in [2.24, 2.45) is 0 Å². The summed E-state index contributed by atoms with van der Waals surface area (Å²) in [5, 5.41) is 2.79. The number of benzene rings is 1. The number of hydrogen-bond acceptors (Lipinski definition) is 3. The summed E-state index contributed by atoms with van der Waals surface area (Å²) in [5.41, 5.74) is -0.533. The van der Waals surface area contributed by atoms with Crippen molar-refractivity contribution in [1.82, 2.24) is 10.2 Å². The zero-order valence-corrected chi connectivity index (χ0v) is 14.7. The Bertz CT molecular complexity index is 762. The molecule has 1 fully saturated rings. The first kappa shape index (κ1) is 16.1. The zero-order chi connectivity index (χ0) is 16.6. The molecule has 2 heterocycles. The Kier molecular flexibility index (Phi) is 4.25. The van der Waals surface area contributed by atoms with Crippen LogP contribution >= 0.6 is 27.3 Å². The van der Waals surface area contributed by atoms with Crippen LogP contribution in [-0.2, 0) is 16.9 Å². The summed E-state index contributed by atoms with van der Waals surface area (Å²) in [4.78, 5) is 27.4. The molecule has 0 spiro atoms. The molecule has 23 heavy (non-hydrogen) atoms. The number of nitrogens with one attached hydrogen (secondary N) is 1. The molecule has 4 nitrogen and oxygen atoms in total. The van der Waals surface area contributed by atoms with Crippen molar-refractivity contribution in [2.75, 3.05) is 0 Å². The van der Waals surface area contributed by atoms with Gasteiger partial charge in [-0.3, -0.25) is 9.69 Å². The van der Waals surface area contributed by atoms with Gasteiger partial charge in [0.1, 0.15) is 11.4 Å². The number of hydrogen-bond donors (Lipinski definition) is 1. The predicted molar refractivity (Wildman–Crippen MR) is 89.5 cm³/mol. The maximum Gasteiger partial charge on any atom is 0.325 e. The highest BCUT2D eigenvalue weighted by molar-refractivity contribution is 9.11. The second kappa shape index (κ2) is 6.05. The average molecular weight is 397 g/mol. The van der Waals surface area contributed by atoms with Crippen molar-refractivity contribution >= 4 is 39.2 Å². The van der Waals surface area contributed by atoms with Crippen molar-refractivity contribution in [1.29, 1.82) is 0 Å². The largest absolute Gasteiger partial charge is 0.325 e. The third-order valence-corrected chi connectivity index (χ3v) is 5.59. The number of halogens is 2. The maximum atomic E-state index is 13.2. The molecule has 1 aromatic carbocycles. The highest BCUT2D eigenvalue weighted by Gasteiger charge is 2.51. The van der Waals surface area contributed by atoms with Crippen LogP contribution in [0.3, 0.4) is 0 Å². The monoisotopic (exact) mass is 396 g/mol. The number of imide groups is 1. The van der Waals surface area contributed by atoms with E-state index in [1.807, 2.05) is 19.1 Å². The Morgan fingerprint density at radius 3 is 2.48 bits per heavy atom. The van der Waals surface area contributed by atoms with Crippen LogP contribution in [0.1, 0.15) is 23.8 Å². The van der Waals surface area contributed by atoms with Gasteiger partial charge in [0.2, 0.25) is 0 Å². The van der Waals surface area contributed by atoms with Gasteiger partial charge in [0.15, 0.2) is 0 Å². The summed E-state index contributed by atoms with van der Waals surface area (Å²) in [7, 11) is 0.